The second kappa shape index (κ2) is 4.51. The van der Waals surface area contributed by atoms with Crippen LogP contribution in [0, 0.1) is 6.92 Å². The van der Waals surface area contributed by atoms with Crippen molar-refractivity contribution < 1.29 is 14.6 Å². The van der Waals surface area contributed by atoms with Gasteiger partial charge in [-0.2, -0.15) is 0 Å². The van der Waals surface area contributed by atoms with Gasteiger partial charge in [0.1, 0.15) is 5.82 Å². The molecule has 2 N–H and O–H groups in total. The standard InChI is InChI=1S/C14H14N2O3/c1-8-2-3-9(14(17)18)6-10(8)13-15-11-4-5-19-7-12(11)16-13/h2-3,6H,4-5,7H2,1H3,(H,15,16)(H,17,18). The summed E-state index contributed by atoms with van der Waals surface area (Å²) in [5.41, 5.74) is 4.10. The molecule has 2 heterocycles. The zero-order valence-electron chi connectivity index (χ0n) is 10.6. The SMILES string of the molecule is Cc1ccc(C(=O)O)cc1-c1nc2c([nH]1)COCC2. The molecule has 1 aliphatic rings. The third-order valence-corrected chi connectivity index (χ3v) is 3.33. The maximum Gasteiger partial charge on any atom is 0.335 e. The lowest BCUT2D eigenvalue weighted by molar-refractivity contribution is 0.0697. The van der Waals surface area contributed by atoms with Crippen molar-refractivity contribution in [3.05, 3.63) is 40.7 Å². The Labute approximate surface area is 110 Å². The lowest BCUT2D eigenvalue weighted by atomic mass is 10.0. The molecule has 0 amide bonds. The van der Waals surface area contributed by atoms with Crippen LogP contribution in [0.3, 0.4) is 0 Å². The molecule has 0 bridgehead atoms. The molecule has 5 heteroatoms. The normalized spacial score (nSPS) is 14.2. The van der Waals surface area contributed by atoms with E-state index >= 15 is 0 Å². The monoisotopic (exact) mass is 258 g/mol. The largest absolute Gasteiger partial charge is 0.478 e. The highest BCUT2D eigenvalue weighted by Gasteiger charge is 2.17. The highest BCUT2D eigenvalue weighted by molar-refractivity contribution is 5.89. The third kappa shape index (κ3) is 2.13. The summed E-state index contributed by atoms with van der Waals surface area (Å²) in [4.78, 5) is 18.8. The minimum atomic E-state index is -0.930. The zero-order chi connectivity index (χ0) is 13.4. The number of carbonyl (C=O) groups is 1. The highest BCUT2D eigenvalue weighted by Crippen LogP contribution is 2.25. The number of aromatic carboxylic acids is 1. The van der Waals surface area contributed by atoms with Crippen molar-refractivity contribution >= 4 is 5.97 Å². The Bertz CT molecular complexity index is 623. The van der Waals surface area contributed by atoms with Crippen molar-refractivity contribution in [3.63, 3.8) is 0 Å². The summed E-state index contributed by atoms with van der Waals surface area (Å²) in [6, 6.07) is 5.06. The molecule has 1 aromatic carbocycles. The van der Waals surface area contributed by atoms with Gasteiger partial charge in [0.15, 0.2) is 0 Å². The highest BCUT2D eigenvalue weighted by atomic mass is 16.5. The first-order chi connectivity index (χ1) is 9.15. The van der Waals surface area contributed by atoms with Gasteiger partial charge < -0.3 is 14.8 Å². The van der Waals surface area contributed by atoms with E-state index in [1.807, 2.05) is 6.92 Å². The molecule has 0 unspecified atom stereocenters. The van der Waals surface area contributed by atoms with Gasteiger partial charge in [-0.1, -0.05) is 6.07 Å². The molecule has 1 aliphatic heterocycles. The van der Waals surface area contributed by atoms with Crippen molar-refractivity contribution in [3.8, 4) is 11.4 Å². The molecule has 0 fully saturated rings. The fourth-order valence-corrected chi connectivity index (χ4v) is 2.25. The molecule has 0 radical (unpaired) electrons. The molecule has 0 saturated carbocycles. The van der Waals surface area contributed by atoms with Gasteiger partial charge in [0.2, 0.25) is 0 Å². The van der Waals surface area contributed by atoms with E-state index in [2.05, 4.69) is 9.97 Å². The average molecular weight is 258 g/mol. The van der Waals surface area contributed by atoms with Crippen molar-refractivity contribution in [2.24, 2.45) is 0 Å². The van der Waals surface area contributed by atoms with E-state index in [9.17, 15) is 4.79 Å². The second-order valence-electron chi connectivity index (χ2n) is 4.65. The number of aromatic nitrogens is 2. The van der Waals surface area contributed by atoms with Gasteiger partial charge in [-0.25, -0.2) is 9.78 Å². The summed E-state index contributed by atoms with van der Waals surface area (Å²) in [6.45, 7) is 3.17. The van der Waals surface area contributed by atoms with Gasteiger partial charge in [-0.15, -0.1) is 0 Å². The van der Waals surface area contributed by atoms with Crippen molar-refractivity contribution in [2.45, 2.75) is 20.0 Å². The van der Waals surface area contributed by atoms with Crippen LogP contribution in [0.2, 0.25) is 0 Å². The first kappa shape index (κ1) is 11.9. The molecule has 2 aromatic rings. The lowest BCUT2D eigenvalue weighted by Gasteiger charge is -2.09. The van der Waals surface area contributed by atoms with E-state index in [0.717, 1.165) is 34.8 Å². The Balaban J connectivity index is 2.08. The molecular formula is C14H14N2O3. The topological polar surface area (TPSA) is 75.2 Å². The van der Waals surface area contributed by atoms with Gasteiger partial charge in [-0.05, 0) is 24.6 Å². The van der Waals surface area contributed by atoms with Gasteiger partial charge in [0, 0.05) is 12.0 Å². The minimum Gasteiger partial charge on any atom is -0.478 e. The minimum absolute atomic E-state index is 0.270. The predicted octanol–water partition coefficient (Wildman–Crippen LogP) is 2.16. The molecule has 0 aliphatic carbocycles. The quantitative estimate of drug-likeness (QED) is 0.865. The first-order valence-electron chi connectivity index (χ1n) is 6.15. The van der Waals surface area contributed by atoms with Crippen LogP contribution >= 0.6 is 0 Å². The number of rotatable bonds is 2. The zero-order valence-corrected chi connectivity index (χ0v) is 10.6. The number of benzene rings is 1. The molecule has 0 spiro atoms. The Morgan fingerprint density at radius 1 is 1.47 bits per heavy atom. The van der Waals surface area contributed by atoms with E-state index < -0.39 is 5.97 Å². The van der Waals surface area contributed by atoms with Gasteiger partial charge in [0.25, 0.3) is 0 Å². The number of hydrogen-bond acceptors (Lipinski definition) is 3. The molecule has 98 valence electrons. The number of nitrogens with zero attached hydrogens (tertiary/aromatic N) is 1. The van der Waals surface area contributed by atoms with Crippen molar-refractivity contribution in [2.75, 3.05) is 6.61 Å². The number of aryl methyl sites for hydroxylation is 1. The number of hydrogen-bond donors (Lipinski definition) is 2. The predicted molar refractivity (Wildman–Crippen MR) is 69.1 cm³/mol. The fraction of sp³-hybridized carbons (Fsp3) is 0.286. The molecular weight excluding hydrogens is 244 g/mol. The van der Waals surface area contributed by atoms with Crippen LogP contribution in [0.1, 0.15) is 27.3 Å². The number of aromatic amines is 1. The summed E-state index contributed by atoms with van der Waals surface area (Å²) in [6.07, 6.45) is 0.795. The summed E-state index contributed by atoms with van der Waals surface area (Å²) in [5.74, 6) is -0.211. The number of H-pyrrole nitrogens is 1. The molecule has 0 atom stereocenters. The number of fused-ring (bicyclic) bond motifs is 1. The van der Waals surface area contributed by atoms with Gasteiger partial charge >= 0.3 is 5.97 Å². The van der Waals surface area contributed by atoms with Gasteiger partial charge in [-0.3, -0.25) is 0 Å². The lowest BCUT2D eigenvalue weighted by Crippen LogP contribution is -2.08. The maximum absolute atomic E-state index is 11.0. The molecule has 3 rings (SSSR count). The third-order valence-electron chi connectivity index (χ3n) is 3.33. The Morgan fingerprint density at radius 3 is 3.05 bits per heavy atom. The van der Waals surface area contributed by atoms with Crippen LogP contribution in [-0.4, -0.2) is 27.7 Å². The van der Waals surface area contributed by atoms with Crippen molar-refractivity contribution in [1.82, 2.24) is 9.97 Å². The smallest absolute Gasteiger partial charge is 0.335 e. The van der Waals surface area contributed by atoms with Crippen LogP contribution < -0.4 is 0 Å². The summed E-state index contributed by atoms with van der Waals surface area (Å²) in [7, 11) is 0. The molecule has 1 aromatic heterocycles. The average Bonchev–Trinajstić information content (AvgIpc) is 2.82. The fourth-order valence-electron chi connectivity index (χ4n) is 2.25. The van der Waals surface area contributed by atoms with Crippen LogP contribution in [0.5, 0.6) is 0 Å². The van der Waals surface area contributed by atoms with E-state index in [1.54, 1.807) is 18.2 Å². The Kier molecular flexibility index (Phi) is 2.83. The second-order valence-corrected chi connectivity index (χ2v) is 4.65. The first-order valence-corrected chi connectivity index (χ1v) is 6.15. The molecule has 19 heavy (non-hydrogen) atoms. The number of ether oxygens (including phenoxy) is 1. The van der Waals surface area contributed by atoms with E-state index in [-0.39, 0.29) is 5.56 Å². The van der Waals surface area contributed by atoms with E-state index in [0.29, 0.717) is 13.2 Å². The van der Waals surface area contributed by atoms with Crippen LogP contribution in [0.15, 0.2) is 18.2 Å². The maximum atomic E-state index is 11.0. The Hall–Kier alpha value is -2.14. The van der Waals surface area contributed by atoms with Crippen LogP contribution in [-0.2, 0) is 17.8 Å². The van der Waals surface area contributed by atoms with E-state index in [1.165, 1.54) is 0 Å². The van der Waals surface area contributed by atoms with E-state index in [4.69, 9.17) is 9.84 Å². The summed E-state index contributed by atoms with van der Waals surface area (Å²) >= 11 is 0. The van der Waals surface area contributed by atoms with Gasteiger partial charge in [0.05, 0.1) is 30.2 Å². The van der Waals surface area contributed by atoms with Crippen molar-refractivity contribution in [1.29, 1.82) is 0 Å². The van der Waals surface area contributed by atoms with Crippen LogP contribution in [0.4, 0.5) is 0 Å². The summed E-state index contributed by atoms with van der Waals surface area (Å²) in [5, 5.41) is 9.06. The number of carboxylic acid groups (broad SMARTS) is 1. The Morgan fingerprint density at radius 2 is 2.32 bits per heavy atom. The number of nitrogens with one attached hydrogen (secondary N) is 1. The van der Waals surface area contributed by atoms with Crippen LogP contribution in [0.25, 0.3) is 11.4 Å². The number of imidazole rings is 1. The summed E-state index contributed by atoms with van der Waals surface area (Å²) < 4.78 is 5.37. The molecule has 0 saturated heterocycles. The number of carboxylic acids is 1. The molecule has 5 nitrogen and oxygen atoms in total.